The fraction of sp³-hybridized carbons (Fsp3) is 0.214. The maximum absolute atomic E-state index is 12.1. The third-order valence-electron chi connectivity index (χ3n) is 2.86. The summed E-state index contributed by atoms with van der Waals surface area (Å²) in [5.41, 5.74) is 2.29. The van der Waals surface area contributed by atoms with E-state index in [1.165, 1.54) is 4.68 Å². The van der Waals surface area contributed by atoms with Crippen molar-refractivity contribution in [2.75, 3.05) is 0 Å². The number of aromatic nitrogens is 1. The highest BCUT2D eigenvalue weighted by Gasteiger charge is 2.09. The van der Waals surface area contributed by atoms with Gasteiger partial charge in [0.1, 0.15) is 11.6 Å². The first-order valence-electron chi connectivity index (χ1n) is 5.76. The number of nitrogens with zero attached hydrogens (tertiary/aromatic N) is 3. The Bertz CT molecular complexity index is 747. The molecular weight excluding hydrogens is 258 g/mol. The monoisotopic (exact) mass is 271 g/mol. The maximum atomic E-state index is 12.1. The van der Waals surface area contributed by atoms with E-state index in [4.69, 9.17) is 5.26 Å². The molecule has 0 saturated heterocycles. The molecule has 19 heavy (non-hydrogen) atoms. The van der Waals surface area contributed by atoms with Crippen molar-refractivity contribution in [3.63, 3.8) is 0 Å². The van der Waals surface area contributed by atoms with Crippen LogP contribution in [0.15, 0.2) is 27.4 Å². The van der Waals surface area contributed by atoms with Gasteiger partial charge >= 0.3 is 0 Å². The first-order valence-corrected chi connectivity index (χ1v) is 6.64. The molecule has 0 aliphatic heterocycles. The van der Waals surface area contributed by atoms with Crippen LogP contribution in [0.5, 0.6) is 0 Å². The summed E-state index contributed by atoms with van der Waals surface area (Å²) in [6, 6.07) is 5.72. The fourth-order valence-corrected chi connectivity index (χ4v) is 2.57. The van der Waals surface area contributed by atoms with Crippen LogP contribution in [-0.4, -0.2) is 10.9 Å². The van der Waals surface area contributed by atoms with Gasteiger partial charge < -0.3 is 0 Å². The van der Waals surface area contributed by atoms with E-state index in [2.05, 4.69) is 5.10 Å². The molecule has 0 amide bonds. The van der Waals surface area contributed by atoms with Gasteiger partial charge in [-0.15, -0.1) is 11.3 Å². The number of aryl methyl sites for hydroxylation is 3. The lowest BCUT2D eigenvalue weighted by Gasteiger charge is -2.05. The van der Waals surface area contributed by atoms with Crippen molar-refractivity contribution >= 4 is 17.6 Å². The van der Waals surface area contributed by atoms with Gasteiger partial charge in [-0.05, 0) is 49.4 Å². The lowest BCUT2D eigenvalue weighted by atomic mass is 10.1. The van der Waals surface area contributed by atoms with Crippen molar-refractivity contribution in [3.8, 4) is 6.07 Å². The molecular formula is C14H13N3OS. The molecule has 96 valence electrons. The number of rotatable bonds is 2. The normalized spacial score (nSPS) is 10.8. The Balaban J connectivity index is 2.53. The average molecular weight is 271 g/mol. The molecule has 0 spiro atoms. The summed E-state index contributed by atoms with van der Waals surface area (Å²) in [5.74, 6) is 0. The van der Waals surface area contributed by atoms with E-state index >= 15 is 0 Å². The largest absolute Gasteiger partial charge is 0.289 e. The molecule has 2 rings (SSSR count). The summed E-state index contributed by atoms with van der Waals surface area (Å²) in [6.07, 6.45) is 1.66. The van der Waals surface area contributed by atoms with Gasteiger partial charge in [0.05, 0.1) is 11.1 Å². The molecule has 0 fully saturated rings. The predicted molar refractivity (Wildman–Crippen MR) is 76.9 cm³/mol. The van der Waals surface area contributed by atoms with Crippen LogP contribution >= 0.6 is 11.3 Å². The molecule has 0 bridgehead atoms. The standard InChI is InChI=1S/C14H13N3OS/c1-9-4-5-19-13(9)8-16-17-11(3)6-10(2)12(7-15)14(17)18/h4-6,8H,1-3H3/b16-8+. The second-order valence-electron chi connectivity index (χ2n) is 4.28. The van der Waals surface area contributed by atoms with Crippen molar-refractivity contribution in [1.82, 2.24) is 4.68 Å². The van der Waals surface area contributed by atoms with E-state index in [-0.39, 0.29) is 11.1 Å². The lowest BCUT2D eigenvalue weighted by Crippen LogP contribution is -2.22. The summed E-state index contributed by atoms with van der Waals surface area (Å²) in [6.45, 7) is 5.54. The Kier molecular flexibility index (Phi) is 3.63. The number of pyridine rings is 1. The van der Waals surface area contributed by atoms with Gasteiger partial charge in [-0.25, -0.2) is 4.68 Å². The van der Waals surface area contributed by atoms with E-state index in [0.717, 1.165) is 10.4 Å². The van der Waals surface area contributed by atoms with Crippen LogP contribution in [-0.2, 0) is 0 Å². The average Bonchev–Trinajstić information content (AvgIpc) is 2.75. The minimum atomic E-state index is -0.370. The van der Waals surface area contributed by atoms with E-state index in [9.17, 15) is 4.79 Å². The van der Waals surface area contributed by atoms with Crippen LogP contribution in [0.3, 0.4) is 0 Å². The highest BCUT2D eigenvalue weighted by atomic mass is 32.1. The second-order valence-corrected chi connectivity index (χ2v) is 5.23. The lowest BCUT2D eigenvalue weighted by molar-refractivity contribution is 0.787. The molecule has 0 unspecified atom stereocenters. The molecule has 2 heterocycles. The highest BCUT2D eigenvalue weighted by Crippen LogP contribution is 2.13. The van der Waals surface area contributed by atoms with Crippen LogP contribution in [0.4, 0.5) is 0 Å². The Morgan fingerprint density at radius 1 is 1.37 bits per heavy atom. The van der Waals surface area contributed by atoms with Crippen LogP contribution in [0.25, 0.3) is 0 Å². The Morgan fingerprint density at radius 2 is 2.11 bits per heavy atom. The molecule has 2 aromatic rings. The molecule has 0 atom stereocenters. The van der Waals surface area contributed by atoms with Crippen molar-refractivity contribution < 1.29 is 0 Å². The van der Waals surface area contributed by atoms with Gasteiger partial charge in [0, 0.05) is 5.69 Å². The zero-order valence-electron chi connectivity index (χ0n) is 11.0. The van der Waals surface area contributed by atoms with E-state index < -0.39 is 0 Å². The van der Waals surface area contributed by atoms with E-state index in [1.807, 2.05) is 24.4 Å². The van der Waals surface area contributed by atoms with Crippen LogP contribution in [0.1, 0.15) is 27.3 Å². The van der Waals surface area contributed by atoms with Gasteiger partial charge in [-0.3, -0.25) is 4.79 Å². The molecule has 5 heteroatoms. The maximum Gasteiger partial charge on any atom is 0.289 e. The first-order chi connectivity index (χ1) is 9.04. The van der Waals surface area contributed by atoms with Crippen molar-refractivity contribution in [1.29, 1.82) is 5.26 Å². The van der Waals surface area contributed by atoms with Crippen LogP contribution in [0, 0.1) is 32.1 Å². The summed E-state index contributed by atoms with van der Waals surface area (Å²) < 4.78 is 1.27. The minimum Gasteiger partial charge on any atom is -0.266 e. The molecule has 0 saturated carbocycles. The van der Waals surface area contributed by atoms with Crippen molar-refractivity contribution in [2.45, 2.75) is 20.8 Å². The van der Waals surface area contributed by atoms with Gasteiger partial charge in [-0.2, -0.15) is 10.4 Å². The zero-order chi connectivity index (χ0) is 14.0. The summed E-state index contributed by atoms with van der Waals surface area (Å²) in [4.78, 5) is 13.1. The van der Waals surface area contributed by atoms with Gasteiger partial charge in [0.2, 0.25) is 0 Å². The van der Waals surface area contributed by atoms with Crippen molar-refractivity contribution in [2.24, 2.45) is 5.10 Å². The second kappa shape index (κ2) is 5.21. The third-order valence-corrected chi connectivity index (χ3v) is 3.82. The minimum absolute atomic E-state index is 0.144. The number of hydrogen-bond donors (Lipinski definition) is 0. The zero-order valence-corrected chi connectivity index (χ0v) is 11.8. The Hall–Kier alpha value is -2.19. The molecule has 4 nitrogen and oxygen atoms in total. The Morgan fingerprint density at radius 3 is 2.68 bits per heavy atom. The fourth-order valence-electron chi connectivity index (χ4n) is 1.79. The van der Waals surface area contributed by atoms with Gasteiger partial charge in [-0.1, -0.05) is 0 Å². The third kappa shape index (κ3) is 2.49. The van der Waals surface area contributed by atoms with Crippen LogP contribution in [0.2, 0.25) is 0 Å². The molecule has 0 aliphatic carbocycles. The number of nitriles is 1. The highest BCUT2D eigenvalue weighted by molar-refractivity contribution is 7.11. The van der Waals surface area contributed by atoms with E-state index in [1.54, 1.807) is 37.5 Å². The van der Waals surface area contributed by atoms with Gasteiger partial charge in [0.15, 0.2) is 0 Å². The number of hydrogen-bond acceptors (Lipinski definition) is 4. The van der Waals surface area contributed by atoms with Crippen molar-refractivity contribution in [3.05, 3.63) is 55.1 Å². The molecule has 0 aromatic carbocycles. The topological polar surface area (TPSA) is 58.1 Å². The summed E-state index contributed by atoms with van der Waals surface area (Å²) in [7, 11) is 0. The van der Waals surface area contributed by atoms with Crippen LogP contribution < -0.4 is 5.56 Å². The molecule has 2 aromatic heterocycles. The predicted octanol–water partition coefficient (Wildman–Crippen LogP) is 2.59. The Labute approximate surface area is 115 Å². The quantitative estimate of drug-likeness (QED) is 0.788. The SMILES string of the molecule is Cc1ccsc1/C=N/n1c(C)cc(C)c(C#N)c1=O. The smallest absolute Gasteiger partial charge is 0.266 e. The first kappa shape index (κ1) is 13.2. The number of thiophene rings is 1. The molecule has 0 N–H and O–H groups in total. The van der Waals surface area contributed by atoms with Gasteiger partial charge in [0.25, 0.3) is 5.56 Å². The summed E-state index contributed by atoms with van der Waals surface area (Å²) in [5, 5.41) is 15.2. The van der Waals surface area contributed by atoms with E-state index in [0.29, 0.717) is 11.3 Å². The summed E-state index contributed by atoms with van der Waals surface area (Å²) >= 11 is 1.56. The molecule has 0 radical (unpaired) electrons. The molecule has 0 aliphatic rings.